The average Bonchev–Trinajstić information content (AvgIpc) is 2.73. The first kappa shape index (κ1) is 12.4. The van der Waals surface area contributed by atoms with Crippen molar-refractivity contribution in [2.45, 2.75) is 25.8 Å². The van der Waals surface area contributed by atoms with Gasteiger partial charge < -0.3 is 4.74 Å². The summed E-state index contributed by atoms with van der Waals surface area (Å²) in [6.07, 6.45) is 2.33. The highest BCUT2D eigenvalue weighted by Gasteiger charge is 2.31. The Kier molecular flexibility index (Phi) is 5.01. The largest absolute Gasteiger partial charge is 0.383 e. The predicted octanol–water partition coefficient (Wildman–Crippen LogP) is -0.277. The van der Waals surface area contributed by atoms with Crippen LogP contribution in [-0.2, 0) is 9.53 Å². The predicted molar refractivity (Wildman–Crippen MR) is 58.0 cm³/mol. The number of nitrogens with one attached hydrogen (secondary N) is 1. The van der Waals surface area contributed by atoms with Gasteiger partial charge in [0.05, 0.1) is 6.61 Å². The van der Waals surface area contributed by atoms with Gasteiger partial charge in [0, 0.05) is 13.7 Å². The third-order valence-electron chi connectivity index (χ3n) is 3.10. The van der Waals surface area contributed by atoms with Gasteiger partial charge in [-0.05, 0) is 18.9 Å². The molecule has 1 aliphatic rings. The molecule has 1 rings (SSSR count). The molecule has 0 aromatic carbocycles. The number of carbonyl (C=O) groups is 1. The molecule has 5 heteroatoms. The van der Waals surface area contributed by atoms with Crippen LogP contribution in [0.3, 0.4) is 0 Å². The molecule has 1 amide bonds. The smallest absolute Gasteiger partial charge is 0.253 e. The van der Waals surface area contributed by atoms with Crippen molar-refractivity contribution >= 4 is 5.91 Å². The fourth-order valence-electron chi connectivity index (χ4n) is 2.08. The van der Waals surface area contributed by atoms with Crippen molar-refractivity contribution in [3.8, 4) is 0 Å². The zero-order valence-electron chi connectivity index (χ0n) is 9.53. The summed E-state index contributed by atoms with van der Waals surface area (Å²) >= 11 is 0. The Labute approximate surface area is 90.9 Å². The topological polar surface area (TPSA) is 67.6 Å². The molecule has 1 aliphatic heterocycles. The van der Waals surface area contributed by atoms with Crippen LogP contribution in [0.15, 0.2) is 0 Å². The molecule has 1 saturated heterocycles. The Bertz CT molecular complexity index is 211. The summed E-state index contributed by atoms with van der Waals surface area (Å²) in [5.41, 5.74) is 2.20. The summed E-state index contributed by atoms with van der Waals surface area (Å²) < 4.78 is 5.05. The van der Waals surface area contributed by atoms with Gasteiger partial charge in [-0.25, -0.2) is 5.84 Å². The molecular formula is C10H21N3O2. The molecule has 2 unspecified atom stereocenters. The normalized spacial score (nSPS) is 24.1. The lowest BCUT2D eigenvalue weighted by molar-refractivity contribution is -0.128. The van der Waals surface area contributed by atoms with Crippen LogP contribution >= 0.6 is 0 Å². The summed E-state index contributed by atoms with van der Waals surface area (Å²) in [6, 6.07) is -0.239. The Morgan fingerprint density at radius 3 is 2.93 bits per heavy atom. The van der Waals surface area contributed by atoms with E-state index >= 15 is 0 Å². The van der Waals surface area contributed by atoms with Crippen molar-refractivity contribution in [3.63, 3.8) is 0 Å². The highest BCUT2D eigenvalue weighted by atomic mass is 16.5. The zero-order chi connectivity index (χ0) is 11.3. The monoisotopic (exact) mass is 215 g/mol. The number of ether oxygens (including phenoxy) is 1. The fraction of sp³-hybridized carbons (Fsp3) is 0.900. The van der Waals surface area contributed by atoms with E-state index in [1.807, 2.05) is 0 Å². The average molecular weight is 215 g/mol. The lowest BCUT2D eigenvalue weighted by atomic mass is 10.1. The first-order valence-corrected chi connectivity index (χ1v) is 5.46. The number of nitrogens with two attached hydrogens (primary N) is 1. The number of hydrogen-bond acceptors (Lipinski definition) is 4. The first-order chi connectivity index (χ1) is 7.22. The van der Waals surface area contributed by atoms with E-state index in [2.05, 4.69) is 17.2 Å². The van der Waals surface area contributed by atoms with Crippen LogP contribution in [0.1, 0.15) is 19.8 Å². The highest BCUT2D eigenvalue weighted by molar-refractivity contribution is 5.81. The maximum Gasteiger partial charge on any atom is 0.253 e. The van der Waals surface area contributed by atoms with Crippen molar-refractivity contribution in [2.75, 3.05) is 26.8 Å². The SMILES string of the molecule is CCC1CCN(C(COC)C(=O)NN)C1. The van der Waals surface area contributed by atoms with Gasteiger partial charge in [0.2, 0.25) is 0 Å². The van der Waals surface area contributed by atoms with E-state index in [0.717, 1.165) is 19.5 Å². The molecule has 0 radical (unpaired) electrons. The lowest BCUT2D eigenvalue weighted by Crippen LogP contribution is -2.50. The number of amides is 1. The van der Waals surface area contributed by atoms with Crippen LogP contribution in [0.4, 0.5) is 0 Å². The van der Waals surface area contributed by atoms with Gasteiger partial charge in [-0.2, -0.15) is 0 Å². The van der Waals surface area contributed by atoms with E-state index in [1.165, 1.54) is 6.42 Å². The molecule has 0 spiro atoms. The Hall–Kier alpha value is -0.650. The third kappa shape index (κ3) is 3.15. The number of nitrogens with zero attached hydrogens (tertiary/aromatic N) is 1. The van der Waals surface area contributed by atoms with Crippen LogP contribution in [0.5, 0.6) is 0 Å². The minimum absolute atomic E-state index is 0.159. The molecule has 2 atom stereocenters. The van der Waals surface area contributed by atoms with Crippen LogP contribution < -0.4 is 11.3 Å². The molecule has 1 fully saturated rings. The van der Waals surface area contributed by atoms with E-state index in [9.17, 15) is 4.79 Å². The number of likely N-dealkylation sites (tertiary alicyclic amines) is 1. The van der Waals surface area contributed by atoms with Crippen molar-refractivity contribution < 1.29 is 9.53 Å². The van der Waals surface area contributed by atoms with Gasteiger partial charge in [0.25, 0.3) is 5.91 Å². The number of hydrazine groups is 1. The van der Waals surface area contributed by atoms with Gasteiger partial charge in [0.15, 0.2) is 0 Å². The zero-order valence-corrected chi connectivity index (χ0v) is 9.53. The maximum atomic E-state index is 11.5. The van der Waals surface area contributed by atoms with E-state index in [1.54, 1.807) is 7.11 Å². The second-order valence-electron chi connectivity index (χ2n) is 4.04. The number of hydrogen-bond donors (Lipinski definition) is 2. The molecule has 0 aromatic rings. The van der Waals surface area contributed by atoms with Gasteiger partial charge >= 0.3 is 0 Å². The number of rotatable bonds is 5. The Balaban J connectivity index is 2.53. The molecule has 0 bridgehead atoms. The molecule has 1 heterocycles. The van der Waals surface area contributed by atoms with E-state index in [-0.39, 0.29) is 11.9 Å². The van der Waals surface area contributed by atoms with Crippen molar-refractivity contribution in [3.05, 3.63) is 0 Å². The first-order valence-electron chi connectivity index (χ1n) is 5.46. The second kappa shape index (κ2) is 6.05. The van der Waals surface area contributed by atoms with Crippen LogP contribution in [0.2, 0.25) is 0 Å². The molecule has 0 saturated carbocycles. The van der Waals surface area contributed by atoms with Crippen LogP contribution in [0, 0.1) is 5.92 Å². The molecule has 5 nitrogen and oxygen atoms in total. The van der Waals surface area contributed by atoms with E-state index in [4.69, 9.17) is 10.6 Å². The van der Waals surface area contributed by atoms with Crippen molar-refractivity contribution in [1.82, 2.24) is 10.3 Å². The number of carbonyl (C=O) groups excluding carboxylic acids is 1. The molecule has 88 valence electrons. The number of methoxy groups -OCH3 is 1. The van der Waals surface area contributed by atoms with Gasteiger partial charge in [-0.1, -0.05) is 13.3 Å². The summed E-state index contributed by atoms with van der Waals surface area (Å²) in [5, 5.41) is 0. The van der Waals surface area contributed by atoms with Gasteiger partial charge in [-0.3, -0.25) is 15.1 Å². The third-order valence-corrected chi connectivity index (χ3v) is 3.10. The summed E-state index contributed by atoms with van der Waals surface area (Å²) in [5.74, 6) is 5.70. The Morgan fingerprint density at radius 2 is 2.47 bits per heavy atom. The van der Waals surface area contributed by atoms with Crippen molar-refractivity contribution in [2.24, 2.45) is 11.8 Å². The standard InChI is InChI=1S/C10H21N3O2/c1-3-8-4-5-13(6-8)9(7-15-2)10(14)12-11/h8-9H,3-7,11H2,1-2H3,(H,12,14). The second-order valence-corrected chi connectivity index (χ2v) is 4.04. The molecule has 15 heavy (non-hydrogen) atoms. The minimum atomic E-state index is -0.239. The molecular weight excluding hydrogens is 194 g/mol. The van der Waals surface area contributed by atoms with E-state index < -0.39 is 0 Å². The van der Waals surface area contributed by atoms with Crippen LogP contribution in [-0.4, -0.2) is 43.7 Å². The van der Waals surface area contributed by atoms with E-state index in [0.29, 0.717) is 12.5 Å². The van der Waals surface area contributed by atoms with Gasteiger partial charge in [-0.15, -0.1) is 0 Å². The van der Waals surface area contributed by atoms with Gasteiger partial charge in [0.1, 0.15) is 6.04 Å². The lowest BCUT2D eigenvalue weighted by Gasteiger charge is -2.25. The molecule has 3 N–H and O–H groups in total. The summed E-state index contributed by atoms with van der Waals surface area (Å²) in [4.78, 5) is 13.7. The highest BCUT2D eigenvalue weighted by Crippen LogP contribution is 2.21. The van der Waals surface area contributed by atoms with Crippen molar-refractivity contribution in [1.29, 1.82) is 0 Å². The minimum Gasteiger partial charge on any atom is -0.383 e. The summed E-state index contributed by atoms with van der Waals surface area (Å²) in [6.45, 7) is 4.51. The Morgan fingerprint density at radius 1 is 1.73 bits per heavy atom. The quantitative estimate of drug-likeness (QED) is 0.376. The molecule has 0 aliphatic carbocycles. The summed E-state index contributed by atoms with van der Waals surface area (Å²) in [7, 11) is 1.60. The maximum absolute atomic E-state index is 11.5. The molecule has 0 aromatic heterocycles. The van der Waals surface area contributed by atoms with Crippen LogP contribution in [0.25, 0.3) is 0 Å². The fourth-order valence-corrected chi connectivity index (χ4v) is 2.08.